The fraction of sp³-hybridized carbons (Fsp3) is 0.222. The Labute approximate surface area is 191 Å². The van der Waals surface area contributed by atoms with Crippen LogP contribution in [0, 0.1) is 6.92 Å². The van der Waals surface area contributed by atoms with Crippen LogP contribution in [0.15, 0.2) is 42.5 Å². The van der Waals surface area contributed by atoms with Crippen molar-refractivity contribution in [1.29, 1.82) is 0 Å². The van der Waals surface area contributed by atoms with Crippen molar-refractivity contribution in [3.8, 4) is 28.7 Å². The van der Waals surface area contributed by atoms with Gasteiger partial charge in [0.1, 0.15) is 5.75 Å². The van der Waals surface area contributed by atoms with Crippen LogP contribution in [0.2, 0.25) is 0 Å². The first-order valence-electron chi connectivity index (χ1n) is 10.6. The molecule has 5 rings (SSSR count). The molecular weight excluding hydrogens is 418 g/mol. The van der Waals surface area contributed by atoms with Gasteiger partial charge in [0.05, 0.1) is 41.1 Å². The standard InChI is InChI=1S/C27H25NO5/c1-14-17-10-22(30-3)24(32-5)12-20(17)26-19-9-15(29-2)7-8-16(19)18-11-23(31-4)25(33-6)13-21(18)27(26)28-14/h7-13H,1-6H3. The lowest BCUT2D eigenvalue weighted by Gasteiger charge is -2.17. The van der Waals surface area contributed by atoms with Crippen molar-refractivity contribution >= 4 is 43.2 Å². The van der Waals surface area contributed by atoms with Gasteiger partial charge < -0.3 is 23.7 Å². The number of benzene rings is 4. The zero-order valence-corrected chi connectivity index (χ0v) is 19.5. The minimum Gasteiger partial charge on any atom is -0.497 e. The predicted octanol–water partition coefficient (Wildman–Crippen LogP) is 6.05. The topological polar surface area (TPSA) is 59.0 Å². The molecule has 1 heterocycles. The lowest BCUT2D eigenvalue weighted by atomic mass is 9.92. The average molecular weight is 443 g/mol. The van der Waals surface area contributed by atoms with Gasteiger partial charge in [0.25, 0.3) is 0 Å². The fourth-order valence-corrected chi connectivity index (χ4v) is 4.65. The van der Waals surface area contributed by atoms with Crippen LogP contribution in [0.25, 0.3) is 43.2 Å². The van der Waals surface area contributed by atoms with E-state index in [1.54, 1.807) is 35.5 Å². The van der Waals surface area contributed by atoms with E-state index in [9.17, 15) is 0 Å². The Hall–Kier alpha value is -3.93. The average Bonchev–Trinajstić information content (AvgIpc) is 2.86. The van der Waals surface area contributed by atoms with Gasteiger partial charge in [0, 0.05) is 21.9 Å². The molecule has 33 heavy (non-hydrogen) atoms. The van der Waals surface area contributed by atoms with Crippen molar-refractivity contribution in [2.75, 3.05) is 35.5 Å². The van der Waals surface area contributed by atoms with Crippen LogP contribution in [0.5, 0.6) is 28.7 Å². The van der Waals surface area contributed by atoms with Crippen LogP contribution in [-0.4, -0.2) is 40.5 Å². The maximum Gasteiger partial charge on any atom is 0.161 e. The van der Waals surface area contributed by atoms with E-state index in [4.69, 9.17) is 28.7 Å². The summed E-state index contributed by atoms with van der Waals surface area (Å²) >= 11 is 0. The van der Waals surface area contributed by atoms with Crippen LogP contribution >= 0.6 is 0 Å². The number of methoxy groups -OCH3 is 5. The molecule has 0 fully saturated rings. The minimum atomic E-state index is 0.658. The highest BCUT2D eigenvalue weighted by molar-refractivity contribution is 6.31. The summed E-state index contributed by atoms with van der Waals surface area (Å²) in [5.74, 6) is 3.44. The number of rotatable bonds is 5. The normalized spacial score (nSPS) is 11.3. The summed E-state index contributed by atoms with van der Waals surface area (Å²) in [5.41, 5.74) is 1.78. The molecule has 4 aromatic carbocycles. The molecule has 0 bridgehead atoms. The number of ether oxygens (including phenoxy) is 5. The van der Waals surface area contributed by atoms with E-state index < -0.39 is 0 Å². The van der Waals surface area contributed by atoms with Gasteiger partial charge >= 0.3 is 0 Å². The molecule has 1 aromatic heterocycles. The lowest BCUT2D eigenvalue weighted by molar-refractivity contribution is 0.356. The molecular formula is C27H25NO5. The Morgan fingerprint density at radius 1 is 0.515 bits per heavy atom. The third-order valence-corrected chi connectivity index (χ3v) is 6.26. The van der Waals surface area contributed by atoms with Gasteiger partial charge in [0.15, 0.2) is 23.0 Å². The number of aryl methyl sites for hydroxylation is 1. The Balaban J connectivity index is 2.10. The van der Waals surface area contributed by atoms with Gasteiger partial charge in [-0.25, -0.2) is 0 Å². The molecule has 6 nitrogen and oxygen atoms in total. The molecule has 0 aliphatic carbocycles. The number of pyridine rings is 1. The van der Waals surface area contributed by atoms with Gasteiger partial charge in [-0.2, -0.15) is 0 Å². The van der Waals surface area contributed by atoms with Gasteiger partial charge in [-0.3, -0.25) is 4.98 Å². The molecule has 0 amide bonds. The van der Waals surface area contributed by atoms with Gasteiger partial charge in [-0.05, 0) is 64.9 Å². The van der Waals surface area contributed by atoms with E-state index in [0.717, 1.165) is 54.7 Å². The van der Waals surface area contributed by atoms with Crippen molar-refractivity contribution < 1.29 is 23.7 Å². The lowest BCUT2D eigenvalue weighted by Crippen LogP contribution is -1.97. The van der Waals surface area contributed by atoms with E-state index in [0.29, 0.717) is 23.0 Å². The first-order chi connectivity index (χ1) is 16.0. The highest BCUT2D eigenvalue weighted by Gasteiger charge is 2.19. The molecule has 0 unspecified atom stereocenters. The minimum absolute atomic E-state index is 0.658. The maximum atomic E-state index is 5.64. The van der Waals surface area contributed by atoms with Crippen LogP contribution < -0.4 is 23.7 Å². The Bertz CT molecular complexity index is 1560. The first kappa shape index (κ1) is 20.9. The van der Waals surface area contributed by atoms with Crippen LogP contribution in [-0.2, 0) is 0 Å². The number of aromatic nitrogens is 1. The van der Waals surface area contributed by atoms with Gasteiger partial charge in [-0.1, -0.05) is 6.07 Å². The van der Waals surface area contributed by atoms with E-state index in [2.05, 4.69) is 12.1 Å². The number of fused-ring (bicyclic) bond motifs is 8. The molecule has 0 radical (unpaired) electrons. The molecule has 0 aliphatic rings. The van der Waals surface area contributed by atoms with Crippen molar-refractivity contribution in [3.63, 3.8) is 0 Å². The zero-order chi connectivity index (χ0) is 23.3. The van der Waals surface area contributed by atoms with Crippen molar-refractivity contribution in [2.24, 2.45) is 0 Å². The number of nitrogens with zero attached hydrogens (tertiary/aromatic N) is 1. The second kappa shape index (κ2) is 7.89. The highest BCUT2D eigenvalue weighted by atomic mass is 16.5. The summed E-state index contributed by atoms with van der Waals surface area (Å²) in [7, 11) is 8.25. The van der Waals surface area contributed by atoms with Gasteiger partial charge in [-0.15, -0.1) is 0 Å². The summed E-state index contributed by atoms with van der Waals surface area (Å²) in [6, 6.07) is 14.1. The zero-order valence-electron chi connectivity index (χ0n) is 19.5. The SMILES string of the molecule is COc1ccc2c3cc(OC)c(OC)cc3c3nc(C)c4cc(OC)c(OC)cc4c3c2c1. The summed E-state index contributed by atoms with van der Waals surface area (Å²) in [6.07, 6.45) is 0. The molecule has 0 atom stereocenters. The maximum absolute atomic E-state index is 5.64. The fourth-order valence-electron chi connectivity index (χ4n) is 4.65. The predicted molar refractivity (Wildman–Crippen MR) is 132 cm³/mol. The molecule has 6 heteroatoms. The molecule has 168 valence electrons. The summed E-state index contributed by atoms with van der Waals surface area (Å²) in [4.78, 5) is 5.07. The number of hydrogen-bond acceptors (Lipinski definition) is 6. The smallest absolute Gasteiger partial charge is 0.161 e. The molecule has 0 saturated carbocycles. The highest BCUT2D eigenvalue weighted by Crippen LogP contribution is 2.45. The van der Waals surface area contributed by atoms with E-state index in [1.165, 1.54) is 0 Å². The third-order valence-electron chi connectivity index (χ3n) is 6.26. The van der Waals surface area contributed by atoms with Gasteiger partial charge in [0.2, 0.25) is 0 Å². The largest absolute Gasteiger partial charge is 0.497 e. The summed E-state index contributed by atoms with van der Waals surface area (Å²) in [6.45, 7) is 2.01. The quantitative estimate of drug-likeness (QED) is 0.308. The summed E-state index contributed by atoms with van der Waals surface area (Å²) < 4.78 is 28.0. The molecule has 0 spiro atoms. The monoisotopic (exact) mass is 443 g/mol. The second-order valence-electron chi connectivity index (χ2n) is 7.84. The first-order valence-corrected chi connectivity index (χ1v) is 10.6. The van der Waals surface area contributed by atoms with E-state index in [-0.39, 0.29) is 0 Å². The molecule has 5 aromatic rings. The molecule has 0 N–H and O–H groups in total. The Morgan fingerprint density at radius 2 is 1.03 bits per heavy atom. The van der Waals surface area contributed by atoms with Crippen LogP contribution in [0.4, 0.5) is 0 Å². The van der Waals surface area contributed by atoms with Crippen molar-refractivity contribution in [3.05, 3.63) is 48.2 Å². The number of hydrogen-bond donors (Lipinski definition) is 0. The second-order valence-corrected chi connectivity index (χ2v) is 7.84. The molecule has 0 saturated heterocycles. The van der Waals surface area contributed by atoms with Crippen molar-refractivity contribution in [2.45, 2.75) is 6.92 Å². The third kappa shape index (κ3) is 3.05. The Kier molecular flexibility index (Phi) is 5.01. The van der Waals surface area contributed by atoms with E-state index in [1.807, 2.05) is 37.3 Å². The van der Waals surface area contributed by atoms with E-state index >= 15 is 0 Å². The van der Waals surface area contributed by atoms with Crippen LogP contribution in [0.3, 0.4) is 0 Å². The van der Waals surface area contributed by atoms with Crippen molar-refractivity contribution in [1.82, 2.24) is 4.98 Å². The summed E-state index contributed by atoms with van der Waals surface area (Å²) in [5, 5.41) is 7.18. The van der Waals surface area contributed by atoms with Crippen LogP contribution in [0.1, 0.15) is 5.69 Å². The molecule has 0 aliphatic heterocycles. The Morgan fingerprint density at radius 3 is 1.61 bits per heavy atom.